The highest BCUT2D eigenvalue weighted by Crippen LogP contribution is 2.26. The first-order valence-corrected chi connectivity index (χ1v) is 8.79. The third kappa shape index (κ3) is 9.29. The number of hydrogen-bond donors (Lipinski definition) is 0. The van der Waals surface area contributed by atoms with Crippen molar-refractivity contribution in [2.24, 2.45) is 5.92 Å². The van der Waals surface area contributed by atoms with Crippen LogP contribution in [0, 0.1) is 17.2 Å². The van der Waals surface area contributed by atoms with E-state index in [2.05, 4.69) is 19.9 Å². The minimum atomic E-state index is 0.749. The molecule has 1 aliphatic rings. The lowest BCUT2D eigenvalue weighted by Gasteiger charge is -2.20. The van der Waals surface area contributed by atoms with Crippen molar-refractivity contribution < 1.29 is 0 Å². The predicted octanol–water partition coefficient (Wildman–Crippen LogP) is 6.51. The lowest BCUT2D eigenvalue weighted by molar-refractivity contribution is 0.336. The molecule has 1 aromatic rings. The zero-order chi connectivity index (χ0) is 15.9. The van der Waals surface area contributed by atoms with Gasteiger partial charge in [-0.15, -0.1) is 0 Å². The van der Waals surface area contributed by atoms with Crippen LogP contribution in [0.2, 0.25) is 0 Å². The second-order valence-electron chi connectivity index (χ2n) is 5.46. The Morgan fingerprint density at radius 3 is 2.29 bits per heavy atom. The smallest absolute Gasteiger partial charge is 0.0991 e. The van der Waals surface area contributed by atoms with E-state index in [-0.39, 0.29) is 0 Å². The molecule has 0 atom stereocenters. The van der Waals surface area contributed by atoms with Gasteiger partial charge in [0.1, 0.15) is 0 Å². The molecule has 0 saturated heterocycles. The highest BCUT2D eigenvalue weighted by atomic mass is 14.2. The van der Waals surface area contributed by atoms with Crippen LogP contribution in [-0.4, -0.2) is 0 Å². The molecule has 0 unspecified atom stereocenters. The molecule has 0 aromatic heterocycles. The molecule has 0 heterocycles. The Morgan fingerprint density at radius 1 is 1.10 bits per heavy atom. The standard InChI is InChI=1S/C9H9N.C9H18.C2H6/c1-2-8-4-3-5-9(6-8)7-10;1-2-6-9-7-4-3-5-8-9;1-2/h3-6H,2H2,1H3;9H,2-8H2,1H3;1-2H3. The number of nitrogens with zero attached hydrogens (tertiary/aromatic N) is 1. The summed E-state index contributed by atoms with van der Waals surface area (Å²) in [7, 11) is 0. The van der Waals surface area contributed by atoms with Gasteiger partial charge in [-0.25, -0.2) is 0 Å². The maximum atomic E-state index is 8.51. The summed E-state index contributed by atoms with van der Waals surface area (Å²) in [6, 6.07) is 9.78. The van der Waals surface area contributed by atoms with Crippen molar-refractivity contribution in [2.75, 3.05) is 0 Å². The van der Waals surface area contributed by atoms with Gasteiger partial charge in [-0.2, -0.15) is 5.26 Å². The fourth-order valence-electron chi connectivity index (χ4n) is 2.74. The third-order valence-corrected chi connectivity index (χ3v) is 3.89. The van der Waals surface area contributed by atoms with Gasteiger partial charge in [-0.3, -0.25) is 0 Å². The average Bonchev–Trinajstić information content (AvgIpc) is 2.58. The molecule has 1 saturated carbocycles. The van der Waals surface area contributed by atoms with Crippen LogP contribution in [0.3, 0.4) is 0 Å². The summed E-state index contributed by atoms with van der Waals surface area (Å²) in [5.41, 5.74) is 1.97. The number of nitriles is 1. The van der Waals surface area contributed by atoms with Gasteiger partial charge in [0.15, 0.2) is 0 Å². The summed E-state index contributed by atoms with van der Waals surface area (Å²) in [6.07, 6.45) is 11.4. The van der Waals surface area contributed by atoms with Gasteiger partial charge in [0.05, 0.1) is 11.6 Å². The second kappa shape index (κ2) is 13.7. The van der Waals surface area contributed by atoms with Crippen molar-refractivity contribution in [3.8, 4) is 6.07 Å². The Hall–Kier alpha value is -1.29. The summed E-state index contributed by atoms with van der Waals surface area (Å²) < 4.78 is 0. The molecule has 1 fully saturated rings. The Kier molecular flexibility index (Phi) is 12.8. The quantitative estimate of drug-likeness (QED) is 0.621. The first kappa shape index (κ1) is 19.7. The van der Waals surface area contributed by atoms with Crippen molar-refractivity contribution in [1.29, 1.82) is 5.26 Å². The highest BCUT2D eigenvalue weighted by molar-refractivity contribution is 5.32. The van der Waals surface area contributed by atoms with Gasteiger partial charge in [0, 0.05) is 0 Å². The topological polar surface area (TPSA) is 23.8 Å². The molecular weight excluding hydrogens is 254 g/mol. The molecule has 0 aliphatic heterocycles. The maximum Gasteiger partial charge on any atom is 0.0991 e. The predicted molar refractivity (Wildman–Crippen MR) is 93.4 cm³/mol. The van der Waals surface area contributed by atoms with Crippen molar-refractivity contribution in [3.63, 3.8) is 0 Å². The molecule has 1 aromatic carbocycles. The number of hydrogen-bond acceptors (Lipinski definition) is 1. The molecule has 0 bridgehead atoms. The van der Waals surface area contributed by atoms with E-state index in [1.54, 1.807) is 0 Å². The Bertz CT molecular complexity index is 380. The summed E-state index contributed by atoms with van der Waals surface area (Å²) in [4.78, 5) is 0. The Morgan fingerprint density at radius 2 is 1.76 bits per heavy atom. The minimum Gasteiger partial charge on any atom is -0.192 e. The van der Waals surface area contributed by atoms with E-state index in [0.29, 0.717) is 0 Å². The molecule has 0 radical (unpaired) electrons. The van der Waals surface area contributed by atoms with Crippen molar-refractivity contribution in [1.82, 2.24) is 0 Å². The van der Waals surface area contributed by atoms with Crippen LogP contribution < -0.4 is 0 Å². The molecule has 118 valence electrons. The maximum absolute atomic E-state index is 8.51. The molecule has 0 spiro atoms. The minimum absolute atomic E-state index is 0.749. The molecule has 0 N–H and O–H groups in total. The van der Waals surface area contributed by atoms with E-state index in [4.69, 9.17) is 5.26 Å². The Balaban J connectivity index is 0.000000342. The summed E-state index contributed by atoms with van der Waals surface area (Å²) in [6.45, 7) is 8.38. The molecular formula is C20H33N. The summed E-state index contributed by atoms with van der Waals surface area (Å²) in [5, 5.41) is 8.51. The van der Waals surface area contributed by atoms with Crippen LogP contribution in [0.4, 0.5) is 0 Å². The first-order valence-electron chi connectivity index (χ1n) is 8.79. The number of aryl methyl sites for hydroxylation is 1. The van der Waals surface area contributed by atoms with Crippen molar-refractivity contribution in [2.45, 2.75) is 79.1 Å². The molecule has 2 rings (SSSR count). The SMILES string of the molecule is CC.CCCC1CCCCC1.CCc1cccc(C#N)c1. The first-order chi connectivity index (χ1) is 10.3. The highest BCUT2D eigenvalue weighted by Gasteiger charge is 2.10. The second-order valence-corrected chi connectivity index (χ2v) is 5.46. The molecule has 0 amide bonds. The van der Waals surface area contributed by atoms with Gasteiger partial charge in [-0.05, 0) is 30.0 Å². The molecule has 1 nitrogen and oxygen atoms in total. The van der Waals surface area contributed by atoms with Crippen LogP contribution in [0.5, 0.6) is 0 Å². The summed E-state index contributed by atoms with van der Waals surface area (Å²) >= 11 is 0. The van der Waals surface area contributed by atoms with Crippen molar-refractivity contribution in [3.05, 3.63) is 35.4 Å². The van der Waals surface area contributed by atoms with Gasteiger partial charge in [-0.1, -0.05) is 84.8 Å². The number of benzene rings is 1. The van der Waals surface area contributed by atoms with E-state index in [1.165, 1.54) is 50.5 Å². The van der Waals surface area contributed by atoms with Gasteiger partial charge in [0.2, 0.25) is 0 Å². The normalized spacial score (nSPS) is 14.0. The van der Waals surface area contributed by atoms with Crippen LogP contribution in [0.1, 0.15) is 83.8 Å². The fraction of sp³-hybridized carbons (Fsp3) is 0.650. The van der Waals surface area contributed by atoms with Crippen LogP contribution in [0.15, 0.2) is 24.3 Å². The van der Waals surface area contributed by atoms with E-state index in [9.17, 15) is 0 Å². The Labute approximate surface area is 132 Å². The molecule has 1 aliphatic carbocycles. The van der Waals surface area contributed by atoms with E-state index in [1.807, 2.05) is 38.1 Å². The van der Waals surface area contributed by atoms with E-state index in [0.717, 1.165) is 17.9 Å². The van der Waals surface area contributed by atoms with Crippen LogP contribution >= 0.6 is 0 Å². The molecule has 21 heavy (non-hydrogen) atoms. The number of rotatable bonds is 3. The van der Waals surface area contributed by atoms with E-state index >= 15 is 0 Å². The van der Waals surface area contributed by atoms with Crippen molar-refractivity contribution >= 4 is 0 Å². The average molecular weight is 287 g/mol. The largest absolute Gasteiger partial charge is 0.192 e. The molecule has 1 heteroatoms. The lowest BCUT2D eigenvalue weighted by atomic mass is 9.86. The third-order valence-electron chi connectivity index (χ3n) is 3.89. The monoisotopic (exact) mass is 287 g/mol. The lowest BCUT2D eigenvalue weighted by Crippen LogP contribution is -2.04. The van der Waals surface area contributed by atoms with Crippen LogP contribution in [0.25, 0.3) is 0 Å². The van der Waals surface area contributed by atoms with Gasteiger partial charge < -0.3 is 0 Å². The summed E-state index contributed by atoms with van der Waals surface area (Å²) in [5.74, 6) is 1.10. The van der Waals surface area contributed by atoms with Gasteiger partial charge in [0.25, 0.3) is 0 Å². The fourth-order valence-corrected chi connectivity index (χ4v) is 2.74. The van der Waals surface area contributed by atoms with E-state index < -0.39 is 0 Å². The zero-order valence-corrected chi connectivity index (χ0v) is 14.5. The zero-order valence-electron chi connectivity index (χ0n) is 14.5. The van der Waals surface area contributed by atoms with Gasteiger partial charge >= 0.3 is 0 Å². The van der Waals surface area contributed by atoms with Crippen LogP contribution in [-0.2, 0) is 6.42 Å².